The Morgan fingerprint density at radius 2 is 2.53 bits per heavy atom. The number of rotatable bonds is 2. The number of carbonyl (C=O) groups is 1. The summed E-state index contributed by atoms with van der Waals surface area (Å²) in [6.07, 6.45) is 3.69. The van der Waals surface area contributed by atoms with Crippen molar-refractivity contribution in [1.29, 1.82) is 0 Å². The number of amides is 1. The number of anilines is 1. The predicted octanol–water partition coefficient (Wildman–Crippen LogP) is 1.01. The fourth-order valence-corrected chi connectivity index (χ4v) is 1.85. The quantitative estimate of drug-likeness (QED) is 0.725. The number of pyridine rings is 1. The van der Waals surface area contributed by atoms with Gasteiger partial charge < -0.3 is 9.64 Å². The largest absolute Gasteiger partial charge is 0.375 e. The minimum atomic E-state index is 0.00597. The minimum Gasteiger partial charge on any atom is -0.375 e. The van der Waals surface area contributed by atoms with Gasteiger partial charge in [0.2, 0.25) is 0 Å². The number of aromatic nitrogens is 1. The van der Waals surface area contributed by atoms with Gasteiger partial charge in [-0.1, -0.05) is 0 Å². The Morgan fingerprint density at radius 1 is 1.67 bits per heavy atom. The summed E-state index contributed by atoms with van der Waals surface area (Å²) in [5.41, 5.74) is 1.94. The van der Waals surface area contributed by atoms with Crippen LogP contribution in [0.3, 0.4) is 0 Å². The van der Waals surface area contributed by atoms with Crippen molar-refractivity contribution < 1.29 is 9.53 Å². The number of aryl methyl sites for hydroxylation is 1. The summed E-state index contributed by atoms with van der Waals surface area (Å²) >= 11 is 0. The van der Waals surface area contributed by atoms with Gasteiger partial charge in [-0.05, 0) is 25.0 Å². The van der Waals surface area contributed by atoms with E-state index in [9.17, 15) is 4.79 Å². The summed E-state index contributed by atoms with van der Waals surface area (Å²) in [5, 5.41) is 0. The van der Waals surface area contributed by atoms with Crippen LogP contribution < -0.4 is 4.90 Å². The van der Waals surface area contributed by atoms with Crippen LogP contribution in [0.4, 0.5) is 5.69 Å². The Hall–Kier alpha value is -1.42. The number of carbonyl (C=O) groups excluding carboxylic acids is 1. The van der Waals surface area contributed by atoms with Gasteiger partial charge in [0.25, 0.3) is 5.91 Å². The molecule has 4 heteroatoms. The maximum atomic E-state index is 11.7. The Labute approximate surface area is 88.9 Å². The Balaban J connectivity index is 2.25. The Morgan fingerprint density at radius 3 is 3.33 bits per heavy atom. The summed E-state index contributed by atoms with van der Waals surface area (Å²) in [5.74, 6) is 0.00597. The van der Waals surface area contributed by atoms with Crippen molar-refractivity contribution in [3.05, 3.63) is 24.0 Å². The zero-order chi connectivity index (χ0) is 10.7. The van der Waals surface area contributed by atoms with Crippen molar-refractivity contribution in [2.45, 2.75) is 12.8 Å². The summed E-state index contributed by atoms with van der Waals surface area (Å²) in [4.78, 5) is 17.8. The van der Waals surface area contributed by atoms with Gasteiger partial charge >= 0.3 is 0 Å². The Kier molecular flexibility index (Phi) is 2.97. The molecule has 0 saturated carbocycles. The molecule has 0 spiro atoms. The lowest BCUT2D eigenvalue weighted by Crippen LogP contribution is -2.38. The molecule has 0 bridgehead atoms. The van der Waals surface area contributed by atoms with Crippen LogP contribution in [0.5, 0.6) is 0 Å². The van der Waals surface area contributed by atoms with Crippen LogP contribution in [-0.4, -0.2) is 31.2 Å². The molecule has 0 aliphatic carbocycles. The third-order valence-electron chi connectivity index (χ3n) is 2.52. The van der Waals surface area contributed by atoms with Crippen molar-refractivity contribution in [3.8, 4) is 0 Å². The van der Waals surface area contributed by atoms with Crippen molar-refractivity contribution >= 4 is 11.6 Å². The lowest BCUT2D eigenvalue weighted by atomic mass is 10.1. The highest BCUT2D eigenvalue weighted by Gasteiger charge is 2.22. The molecule has 1 amide bonds. The van der Waals surface area contributed by atoms with Crippen LogP contribution in [0, 0.1) is 0 Å². The van der Waals surface area contributed by atoms with E-state index in [0.29, 0.717) is 0 Å². The lowest BCUT2D eigenvalue weighted by molar-refractivity contribution is -0.122. The topological polar surface area (TPSA) is 42.4 Å². The zero-order valence-electron chi connectivity index (χ0n) is 8.77. The first-order valence-corrected chi connectivity index (χ1v) is 5.06. The lowest BCUT2D eigenvalue weighted by Gasteiger charge is -2.28. The van der Waals surface area contributed by atoms with Crippen LogP contribution in [0.15, 0.2) is 18.3 Å². The van der Waals surface area contributed by atoms with E-state index < -0.39 is 0 Å². The fraction of sp³-hybridized carbons (Fsp3) is 0.455. The maximum Gasteiger partial charge on any atom is 0.253 e. The summed E-state index contributed by atoms with van der Waals surface area (Å²) in [6, 6.07) is 3.80. The van der Waals surface area contributed by atoms with Gasteiger partial charge in [0.05, 0.1) is 11.4 Å². The van der Waals surface area contributed by atoms with E-state index in [-0.39, 0.29) is 12.5 Å². The fourth-order valence-electron chi connectivity index (χ4n) is 1.85. The van der Waals surface area contributed by atoms with Crippen LogP contribution in [0.2, 0.25) is 0 Å². The molecular formula is C11H14N2O2. The first-order valence-electron chi connectivity index (χ1n) is 5.06. The van der Waals surface area contributed by atoms with E-state index in [2.05, 4.69) is 4.98 Å². The molecule has 80 valence electrons. The normalized spacial score (nSPS) is 14.9. The molecule has 0 atom stereocenters. The summed E-state index contributed by atoms with van der Waals surface area (Å²) < 4.78 is 4.86. The van der Waals surface area contributed by atoms with E-state index in [1.807, 2.05) is 12.1 Å². The molecule has 2 heterocycles. The maximum absolute atomic E-state index is 11.7. The number of hydrogen-bond donors (Lipinski definition) is 0. The number of ether oxygens (including phenoxy) is 1. The Bertz CT molecular complexity index is 365. The van der Waals surface area contributed by atoms with E-state index in [1.54, 1.807) is 11.1 Å². The van der Waals surface area contributed by atoms with Crippen LogP contribution in [0.25, 0.3) is 0 Å². The number of hydrogen-bond acceptors (Lipinski definition) is 3. The van der Waals surface area contributed by atoms with Gasteiger partial charge in [-0.25, -0.2) is 0 Å². The molecule has 0 radical (unpaired) electrons. The second-order valence-electron chi connectivity index (χ2n) is 3.55. The van der Waals surface area contributed by atoms with Crippen molar-refractivity contribution in [3.63, 3.8) is 0 Å². The van der Waals surface area contributed by atoms with E-state index >= 15 is 0 Å². The van der Waals surface area contributed by atoms with Crippen molar-refractivity contribution in [2.75, 3.05) is 25.2 Å². The predicted molar refractivity (Wildman–Crippen MR) is 56.8 cm³/mol. The molecule has 0 aromatic carbocycles. The second kappa shape index (κ2) is 4.40. The molecule has 0 unspecified atom stereocenters. The van der Waals surface area contributed by atoms with E-state index in [0.717, 1.165) is 30.8 Å². The van der Waals surface area contributed by atoms with E-state index in [4.69, 9.17) is 4.74 Å². The van der Waals surface area contributed by atoms with Gasteiger partial charge in [0.1, 0.15) is 6.61 Å². The van der Waals surface area contributed by atoms with Crippen LogP contribution >= 0.6 is 0 Å². The van der Waals surface area contributed by atoms with Crippen molar-refractivity contribution in [1.82, 2.24) is 4.98 Å². The minimum absolute atomic E-state index is 0.00597. The molecule has 0 N–H and O–H groups in total. The molecule has 1 aromatic rings. The average Bonchev–Trinajstić information content (AvgIpc) is 2.28. The average molecular weight is 206 g/mol. The highest BCUT2D eigenvalue weighted by molar-refractivity contribution is 5.95. The number of nitrogens with zero attached hydrogens (tertiary/aromatic N) is 2. The van der Waals surface area contributed by atoms with Gasteiger partial charge in [0, 0.05) is 19.9 Å². The van der Waals surface area contributed by atoms with Crippen LogP contribution in [0.1, 0.15) is 12.1 Å². The molecule has 0 saturated heterocycles. The third-order valence-corrected chi connectivity index (χ3v) is 2.52. The molecule has 2 rings (SSSR count). The first kappa shape index (κ1) is 10.1. The van der Waals surface area contributed by atoms with E-state index in [1.165, 1.54) is 7.11 Å². The highest BCUT2D eigenvalue weighted by atomic mass is 16.5. The van der Waals surface area contributed by atoms with Crippen LogP contribution in [-0.2, 0) is 16.0 Å². The molecule has 4 nitrogen and oxygen atoms in total. The molecule has 15 heavy (non-hydrogen) atoms. The van der Waals surface area contributed by atoms with Gasteiger partial charge in [-0.3, -0.25) is 9.78 Å². The SMILES string of the molecule is COCC(=O)N1CCCc2ncccc21. The smallest absolute Gasteiger partial charge is 0.253 e. The number of fused-ring (bicyclic) bond motifs is 1. The van der Waals surface area contributed by atoms with Gasteiger partial charge in [0.15, 0.2) is 0 Å². The van der Waals surface area contributed by atoms with Crippen molar-refractivity contribution in [2.24, 2.45) is 0 Å². The van der Waals surface area contributed by atoms with Gasteiger partial charge in [-0.15, -0.1) is 0 Å². The molecular weight excluding hydrogens is 192 g/mol. The molecule has 1 aliphatic heterocycles. The van der Waals surface area contributed by atoms with Gasteiger partial charge in [-0.2, -0.15) is 0 Å². The molecule has 0 fully saturated rings. The third kappa shape index (κ3) is 1.99. The standard InChI is InChI=1S/C11H14N2O2/c1-15-8-11(14)13-7-3-4-9-10(13)5-2-6-12-9/h2,5-6H,3-4,7-8H2,1H3. The zero-order valence-corrected chi connectivity index (χ0v) is 8.77. The first-order chi connectivity index (χ1) is 7.33. The number of methoxy groups -OCH3 is 1. The highest BCUT2D eigenvalue weighted by Crippen LogP contribution is 2.24. The molecule has 1 aliphatic rings. The second-order valence-corrected chi connectivity index (χ2v) is 3.55. The monoisotopic (exact) mass is 206 g/mol. The summed E-state index contributed by atoms with van der Waals surface area (Å²) in [6.45, 7) is 0.898. The summed E-state index contributed by atoms with van der Waals surface area (Å²) in [7, 11) is 1.53. The molecule has 1 aromatic heterocycles.